The summed E-state index contributed by atoms with van der Waals surface area (Å²) in [5.41, 5.74) is 6.20. The zero-order valence-corrected chi connectivity index (χ0v) is 16.8. The number of carbonyl (C=O) groups is 2. The molecule has 1 saturated heterocycles. The molecule has 0 radical (unpaired) electrons. The lowest BCUT2D eigenvalue weighted by molar-refractivity contribution is -0.122. The number of nitrogens with zero attached hydrogens (tertiary/aromatic N) is 1. The predicted octanol–water partition coefficient (Wildman–Crippen LogP) is 4.73. The molecule has 1 aliphatic rings. The smallest absolute Gasteiger partial charge is 0.229 e. The molecule has 4 heteroatoms. The zero-order valence-electron chi connectivity index (χ0n) is 16.8. The summed E-state index contributed by atoms with van der Waals surface area (Å²) in [7, 11) is 0. The van der Waals surface area contributed by atoms with Crippen LogP contribution in [0.5, 0.6) is 0 Å². The fraction of sp³-hybridized carbons (Fsp3) is 0.391. The van der Waals surface area contributed by atoms with Gasteiger partial charge in [-0.1, -0.05) is 44.2 Å². The SMILES string of the molecule is Cc1cccc(N2C[C@H](C(=O)Nc3c(C)cccc3C(C)C)CC2=O)c1C. The Morgan fingerprint density at radius 3 is 2.44 bits per heavy atom. The number of hydrogen-bond acceptors (Lipinski definition) is 2. The highest BCUT2D eigenvalue weighted by Crippen LogP contribution is 2.32. The van der Waals surface area contributed by atoms with Gasteiger partial charge in [0.15, 0.2) is 0 Å². The summed E-state index contributed by atoms with van der Waals surface area (Å²) >= 11 is 0. The van der Waals surface area contributed by atoms with Crippen LogP contribution in [-0.4, -0.2) is 18.4 Å². The van der Waals surface area contributed by atoms with Crippen molar-refractivity contribution in [3.63, 3.8) is 0 Å². The van der Waals surface area contributed by atoms with Gasteiger partial charge >= 0.3 is 0 Å². The number of benzene rings is 2. The first-order valence-electron chi connectivity index (χ1n) is 9.56. The summed E-state index contributed by atoms with van der Waals surface area (Å²) in [5, 5.41) is 3.10. The summed E-state index contributed by atoms with van der Waals surface area (Å²) < 4.78 is 0. The van der Waals surface area contributed by atoms with Gasteiger partial charge in [-0.3, -0.25) is 9.59 Å². The molecule has 1 heterocycles. The number of rotatable bonds is 4. The molecule has 1 atom stereocenters. The lowest BCUT2D eigenvalue weighted by Gasteiger charge is -2.21. The molecule has 1 N–H and O–H groups in total. The van der Waals surface area contributed by atoms with Gasteiger partial charge in [0.1, 0.15) is 0 Å². The van der Waals surface area contributed by atoms with Crippen molar-refractivity contribution in [2.24, 2.45) is 5.92 Å². The molecule has 2 aromatic carbocycles. The van der Waals surface area contributed by atoms with Crippen molar-refractivity contribution < 1.29 is 9.59 Å². The number of amides is 2. The van der Waals surface area contributed by atoms with E-state index in [0.29, 0.717) is 12.5 Å². The highest BCUT2D eigenvalue weighted by molar-refractivity contribution is 6.04. The van der Waals surface area contributed by atoms with Crippen molar-refractivity contribution in [1.29, 1.82) is 0 Å². The van der Waals surface area contributed by atoms with Gasteiger partial charge in [-0.25, -0.2) is 0 Å². The number of carbonyl (C=O) groups excluding carboxylic acids is 2. The Labute approximate surface area is 161 Å². The first-order valence-corrected chi connectivity index (χ1v) is 9.56. The number of aryl methyl sites for hydroxylation is 2. The van der Waals surface area contributed by atoms with Crippen LogP contribution < -0.4 is 10.2 Å². The Morgan fingerprint density at radius 1 is 1.07 bits per heavy atom. The topological polar surface area (TPSA) is 49.4 Å². The van der Waals surface area contributed by atoms with Gasteiger partial charge in [-0.05, 0) is 55.0 Å². The van der Waals surface area contributed by atoms with Gasteiger partial charge in [0.05, 0.1) is 5.92 Å². The molecule has 0 aliphatic carbocycles. The lowest BCUT2D eigenvalue weighted by atomic mass is 9.97. The Bertz CT molecular complexity index is 886. The molecule has 1 fully saturated rings. The fourth-order valence-electron chi connectivity index (χ4n) is 3.71. The van der Waals surface area contributed by atoms with E-state index in [2.05, 4.69) is 25.2 Å². The second-order valence-corrected chi connectivity index (χ2v) is 7.81. The highest BCUT2D eigenvalue weighted by Gasteiger charge is 2.36. The van der Waals surface area contributed by atoms with E-state index in [9.17, 15) is 9.59 Å². The largest absolute Gasteiger partial charge is 0.325 e. The quantitative estimate of drug-likeness (QED) is 0.853. The molecule has 1 aliphatic heterocycles. The highest BCUT2D eigenvalue weighted by atomic mass is 16.2. The van der Waals surface area contributed by atoms with Crippen LogP contribution >= 0.6 is 0 Å². The van der Waals surface area contributed by atoms with E-state index in [1.807, 2.05) is 51.1 Å². The monoisotopic (exact) mass is 364 g/mol. The van der Waals surface area contributed by atoms with Crippen molar-refractivity contribution in [3.05, 3.63) is 58.7 Å². The van der Waals surface area contributed by atoms with Crippen LogP contribution in [-0.2, 0) is 9.59 Å². The van der Waals surface area contributed by atoms with Crippen LogP contribution in [0.2, 0.25) is 0 Å². The first-order chi connectivity index (χ1) is 12.8. The summed E-state index contributed by atoms with van der Waals surface area (Å²) in [4.78, 5) is 27.3. The van der Waals surface area contributed by atoms with E-state index in [0.717, 1.165) is 33.6 Å². The van der Waals surface area contributed by atoms with Gasteiger partial charge in [0.25, 0.3) is 0 Å². The third kappa shape index (κ3) is 3.75. The van der Waals surface area contributed by atoms with E-state index in [1.54, 1.807) is 4.90 Å². The normalized spacial score (nSPS) is 16.9. The minimum Gasteiger partial charge on any atom is -0.325 e. The Kier molecular flexibility index (Phi) is 5.36. The molecule has 3 rings (SSSR count). The van der Waals surface area contributed by atoms with Crippen LogP contribution in [0.15, 0.2) is 36.4 Å². The molecule has 0 spiro atoms. The first kappa shape index (κ1) is 19.2. The van der Waals surface area contributed by atoms with Gasteiger partial charge in [-0.15, -0.1) is 0 Å². The maximum absolute atomic E-state index is 12.9. The standard InChI is InChI=1S/C23H28N2O2/c1-14(2)19-10-6-9-16(4)22(19)24-23(27)18-12-21(26)25(13-18)20-11-7-8-15(3)17(20)5/h6-11,14,18H,12-13H2,1-5H3,(H,24,27)/t18-/m1/s1. The van der Waals surface area contributed by atoms with Gasteiger partial charge in [0, 0.05) is 24.3 Å². The van der Waals surface area contributed by atoms with Crippen molar-refractivity contribution in [2.45, 2.75) is 47.0 Å². The van der Waals surface area contributed by atoms with E-state index in [4.69, 9.17) is 0 Å². The Morgan fingerprint density at radius 2 is 1.74 bits per heavy atom. The predicted molar refractivity (Wildman–Crippen MR) is 110 cm³/mol. The minimum absolute atomic E-state index is 0.0118. The molecule has 0 unspecified atom stereocenters. The molecule has 0 aromatic heterocycles. The third-order valence-electron chi connectivity index (χ3n) is 5.54. The summed E-state index contributed by atoms with van der Waals surface area (Å²) in [6, 6.07) is 12.0. The Balaban J connectivity index is 1.80. The Hall–Kier alpha value is -2.62. The molecule has 2 amide bonds. The van der Waals surface area contributed by atoms with Crippen LogP contribution in [0.1, 0.15) is 48.4 Å². The number of anilines is 2. The molecular formula is C23H28N2O2. The lowest BCUT2D eigenvalue weighted by Crippen LogP contribution is -2.29. The molecule has 142 valence electrons. The second-order valence-electron chi connectivity index (χ2n) is 7.81. The molecule has 2 aromatic rings. The maximum atomic E-state index is 12.9. The summed E-state index contributed by atoms with van der Waals surface area (Å²) in [6.07, 6.45) is 0.252. The van der Waals surface area contributed by atoms with E-state index in [-0.39, 0.29) is 24.2 Å². The average molecular weight is 364 g/mol. The van der Waals surface area contributed by atoms with Crippen LogP contribution in [0.25, 0.3) is 0 Å². The molecular weight excluding hydrogens is 336 g/mol. The van der Waals surface area contributed by atoms with Crippen LogP contribution in [0.3, 0.4) is 0 Å². The minimum atomic E-state index is -0.336. The van der Waals surface area contributed by atoms with Crippen LogP contribution in [0.4, 0.5) is 11.4 Å². The van der Waals surface area contributed by atoms with Crippen molar-refractivity contribution >= 4 is 23.2 Å². The van der Waals surface area contributed by atoms with E-state index >= 15 is 0 Å². The summed E-state index contributed by atoms with van der Waals surface area (Å²) in [5.74, 6) is -0.0843. The van der Waals surface area contributed by atoms with Crippen molar-refractivity contribution in [1.82, 2.24) is 0 Å². The molecule has 0 bridgehead atoms. The maximum Gasteiger partial charge on any atom is 0.229 e. The zero-order chi connectivity index (χ0) is 19.7. The molecule has 0 saturated carbocycles. The number of hydrogen-bond donors (Lipinski definition) is 1. The average Bonchev–Trinajstić information content (AvgIpc) is 3.00. The number of nitrogens with one attached hydrogen (secondary N) is 1. The third-order valence-corrected chi connectivity index (χ3v) is 5.54. The molecule has 4 nitrogen and oxygen atoms in total. The van der Waals surface area contributed by atoms with E-state index < -0.39 is 0 Å². The molecule has 27 heavy (non-hydrogen) atoms. The van der Waals surface area contributed by atoms with Crippen molar-refractivity contribution in [3.8, 4) is 0 Å². The fourth-order valence-corrected chi connectivity index (χ4v) is 3.71. The van der Waals surface area contributed by atoms with Gasteiger partial charge in [-0.2, -0.15) is 0 Å². The van der Waals surface area contributed by atoms with Gasteiger partial charge < -0.3 is 10.2 Å². The van der Waals surface area contributed by atoms with Crippen molar-refractivity contribution in [2.75, 3.05) is 16.8 Å². The summed E-state index contributed by atoms with van der Waals surface area (Å²) in [6.45, 7) is 10.7. The van der Waals surface area contributed by atoms with Crippen LogP contribution in [0, 0.1) is 26.7 Å². The second kappa shape index (κ2) is 7.55. The van der Waals surface area contributed by atoms with Gasteiger partial charge in [0.2, 0.25) is 11.8 Å². The number of para-hydroxylation sites is 1. The van der Waals surface area contributed by atoms with E-state index in [1.165, 1.54) is 0 Å².